The van der Waals surface area contributed by atoms with Crippen LogP contribution in [0, 0.1) is 23.0 Å². The number of halogens is 2. The SMILES string of the molecule is O=C(Nc1ccc(Oc2ncccc2-c2ccnc(N[C@H]3CCCNC3)n2)c(F)c1F)C1CC12CC2. The van der Waals surface area contributed by atoms with Crippen LogP contribution in [0.25, 0.3) is 11.3 Å². The highest BCUT2D eigenvalue weighted by Gasteiger charge is 2.65. The Balaban J connectivity index is 1.20. The van der Waals surface area contributed by atoms with Crippen molar-refractivity contribution >= 4 is 17.5 Å². The number of aromatic nitrogens is 3. The van der Waals surface area contributed by atoms with Gasteiger partial charge in [0.05, 0.1) is 16.9 Å². The molecule has 3 fully saturated rings. The second-order valence-corrected chi connectivity index (χ2v) is 9.76. The molecule has 2 aliphatic carbocycles. The fourth-order valence-electron chi connectivity index (χ4n) is 4.87. The maximum Gasteiger partial charge on any atom is 0.228 e. The van der Waals surface area contributed by atoms with E-state index in [-0.39, 0.29) is 40.6 Å². The van der Waals surface area contributed by atoms with Gasteiger partial charge in [-0.2, -0.15) is 4.39 Å². The molecule has 8 nitrogen and oxygen atoms in total. The van der Waals surface area contributed by atoms with Gasteiger partial charge in [0.15, 0.2) is 11.6 Å². The van der Waals surface area contributed by atoms with E-state index in [2.05, 4.69) is 30.9 Å². The second kappa shape index (κ2) is 9.09. The molecule has 2 saturated carbocycles. The highest BCUT2D eigenvalue weighted by atomic mass is 19.2. The van der Waals surface area contributed by atoms with E-state index in [1.165, 1.54) is 18.3 Å². The van der Waals surface area contributed by atoms with Crippen molar-refractivity contribution in [2.45, 2.75) is 38.1 Å². The Morgan fingerprint density at radius 2 is 2.00 bits per heavy atom. The number of amides is 1. The molecular formula is C26H26F2N6O2. The number of rotatable bonds is 7. The van der Waals surface area contributed by atoms with E-state index in [0.29, 0.717) is 17.2 Å². The predicted molar refractivity (Wildman–Crippen MR) is 130 cm³/mol. The van der Waals surface area contributed by atoms with Crippen molar-refractivity contribution in [3.8, 4) is 22.9 Å². The van der Waals surface area contributed by atoms with Gasteiger partial charge in [0.25, 0.3) is 0 Å². The first-order valence-electron chi connectivity index (χ1n) is 12.2. The molecule has 1 saturated heterocycles. The molecule has 3 aliphatic rings. The number of hydrogen-bond donors (Lipinski definition) is 3. The predicted octanol–water partition coefficient (Wildman–Crippen LogP) is 4.51. The van der Waals surface area contributed by atoms with Gasteiger partial charge in [-0.1, -0.05) is 0 Å². The fraction of sp³-hybridized carbons (Fsp3) is 0.385. The second-order valence-electron chi connectivity index (χ2n) is 9.76. The summed E-state index contributed by atoms with van der Waals surface area (Å²) >= 11 is 0. The van der Waals surface area contributed by atoms with E-state index in [9.17, 15) is 13.6 Å². The number of nitrogens with one attached hydrogen (secondary N) is 3. The Hall–Kier alpha value is -3.66. The van der Waals surface area contributed by atoms with Crippen LogP contribution in [0.1, 0.15) is 32.1 Å². The van der Waals surface area contributed by atoms with Crippen molar-refractivity contribution in [1.29, 1.82) is 0 Å². The van der Waals surface area contributed by atoms with Crippen LogP contribution < -0.4 is 20.7 Å². The number of anilines is 2. The molecule has 1 amide bonds. The number of benzene rings is 1. The molecule has 10 heteroatoms. The molecule has 0 bridgehead atoms. The topological polar surface area (TPSA) is 101 Å². The number of carbonyl (C=O) groups is 1. The molecule has 1 aromatic carbocycles. The lowest BCUT2D eigenvalue weighted by atomic mass is 10.1. The van der Waals surface area contributed by atoms with Crippen LogP contribution in [0.5, 0.6) is 11.6 Å². The zero-order valence-electron chi connectivity index (χ0n) is 19.6. The van der Waals surface area contributed by atoms with Gasteiger partial charge in [-0.15, -0.1) is 0 Å². The van der Waals surface area contributed by atoms with Gasteiger partial charge in [-0.05, 0) is 74.4 Å². The zero-order chi connectivity index (χ0) is 24.7. The molecule has 6 rings (SSSR count). The largest absolute Gasteiger partial charge is 0.435 e. The fourth-order valence-corrected chi connectivity index (χ4v) is 4.87. The highest BCUT2D eigenvalue weighted by Crippen LogP contribution is 2.70. The third kappa shape index (κ3) is 4.48. The number of carbonyl (C=O) groups excluding carboxylic acids is 1. The monoisotopic (exact) mass is 492 g/mol. The third-order valence-electron chi connectivity index (χ3n) is 7.24. The van der Waals surface area contributed by atoms with Gasteiger partial charge in [-0.3, -0.25) is 4.79 Å². The maximum atomic E-state index is 14.9. The van der Waals surface area contributed by atoms with Gasteiger partial charge >= 0.3 is 0 Å². The minimum absolute atomic E-state index is 0.0743. The van der Waals surface area contributed by atoms with Crippen LogP contribution in [0.2, 0.25) is 0 Å². The van der Waals surface area contributed by atoms with Crippen molar-refractivity contribution in [2.24, 2.45) is 11.3 Å². The van der Waals surface area contributed by atoms with Crippen molar-refractivity contribution in [1.82, 2.24) is 20.3 Å². The van der Waals surface area contributed by atoms with Crippen LogP contribution in [0.15, 0.2) is 42.7 Å². The molecule has 36 heavy (non-hydrogen) atoms. The van der Waals surface area contributed by atoms with Crippen LogP contribution in [-0.4, -0.2) is 40.0 Å². The number of hydrogen-bond acceptors (Lipinski definition) is 7. The normalized spacial score (nSPS) is 21.6. The maximum absolute atomic E-state index is 14.9. The molecule has 3 aromatic rings. The Morgan fingerprint density at radius 3 is 2.78 bits per heavy atom. The summed E-state index contributed by atoms with van der Waals surface area (Å²) in [4.78, 5) is 25.5. The van der Waals surface area contributed by atoms with E-state index in [4.69, 9.17) is 4.74 Å². The van der Waals surface area contributed by atoms with Gasteiger partial charge in [0.1, 0.15) is 0 Å². The Bertz CT molecular complexity index is 1310. The summed E-state index contributed by atoms with van der Waals surface area (Å²) in [7, 11) is 0. The summed E-state index contributed by atoms with van der Waals surface area (Å²) in [5.41, 5.74) is 0.965. The van der Waals surface area contributed by atoms with Gasteiger partial charge in [-0.25, -0.2) is 19.3 Å². The number of ether oxygens (including phenoxy) is 1. The minimum atomic E-state index is -1.20. The molecule has 2 atom stereocenters. The summed E-state index contributed by atoms with van der Waals surface area (Å²) in [5, 5.41) is 9.19. The van der Waals surface area contributed by atoms with Crippen molar-refractivity contribution in [3.63, 3.8) is 0 Å². The lowest BCUT2D eigenvalue weighted by Gasteiger charge is -2.23. The lowest BCUT2D eigenvalue weighted by molar-refractivity contribution is -0.117. The van der Waals surface area contributed by atoms with E-state index in [1.54, 1.807) is 24.4 Å². The third-order valence-corrected chi connectivity index (χ3v) is 7.24. The van der Waals surface area contributed by atoms with Gasteiger partial charge < -0.3 is 20.7 Å². The molecule has 186 valence electrons. The Morgan fingerprint density at radius 1 is 1.11 bits per heavy atom. The molecule has 0 radical (unpaired) electrons. The molecule has 3 heterocycles. The van der Waals surface area contributed by atoms with Crippen molar-refractivity contribution in [2.75, 3.05) is 23.7 Å². The summed E-state index contributed by atoms with van der Waals surface area (Å²) in [6.45, 7) is 1.83. The first-order chi connectivity index (χ1) is 17.5. The smallest absolute Gasteiger partial charge is 0.228 e. The molecule has 1 aliphatic heterocycles. The molecule has 3 N–H and O–H groups in total. The molecular weight excluding hydrogens is 466 g/mol. The Kier molecular flexibility index (Phi) is 5.75. The number of nitrogens with zero attached hydrogens (tertiary/aromatic N) is 3. The van der Waals surface area contributed by atoms with Crippen LogP contribution in [0.4, 0.5) is 20.4 Å². The molecule has 1 spiro atoms. The first kappa shape index (κ1) is 22.8. The van der Waals surface area contributed by atoms with E-state index in [1.807, 2.05) is 0 Å². The quantitative estimate of drug-likeness (QED) is 0.446. The van der Waals surface area contributed by atoms with E-state index in [0.717, 1.165) is 45.2 Å². The van der Waals surface area contributed by atoms with Gasteiger partial charge in [0.2, 0.25) is 23.6 Å². The minimum Gasteiger partial charge on any atom is -0.435 e. The highest BCUT2D eigenvalue weighted by molar-refractivity contribution is 5.95. The first-order valence-corrected chi connectivity index (χ1v) is 12.2. The summed E-state index contributed by atoms with van der Waals surface area (Å²) in [6, 6.07) is 7.97. The average molecular weight is 493 g/mol. The van der Waals surface area contributed by atoms with Crippen molar-refractivity contribution in [3.05, 3.63) is 54.4 Å². The van der Waals surface area contributed by atoms with Crippen LogP contribution >= 0.6 is 0 Å². The average Bonchev–Trinajstić information content (AvgIpc) is 3.83. The lowest BCUT2D eigenvalue weighted by Crippen LogP contribution is -2.38. The van der Waals surface area contributed by atoms with Crippen LogP contribution in [0.3, 0.4) is 0 Å². The van der Waals surface area contributed by atoms with E-state index < -0.39 is 11.6 Å². The van der Waals surface area contributed by atoms with E-state index >= 15 is 0 Å². The Labute approximate surface area is 206 Å². The van der Waals surface area contributed by atoms with Gasteiger partial charge in [0, 0.05) is 30.9 Å². The summed E-state index contributed by atoms with van der Waals surface area (Å²) in [6.07, 6.45) is 8.10. The van der Waals surface area contributed by atoms with Crippen LogP contribution in [-0.2, 0) is 4.79 Å². The number of piperidine rings is 1. The zero-order valence-corrected chi connectivity index (χ0v) is 19.6. The van der Waals surface area contributed by atoms with Crippen molar-refractivity contribution < 1.29 is 18.3 Å². The standard InChI is InChI=1S/C26H26F2N6O2/c27-21-19(33-23(35)17-13-26(17)8-9-26)5-6-20(22(21)28)36-24-16(4-2-11-30-24)18-7-12-31-25(34-18)32-15-3-1-10-29-14-15/h2,4-7,11-12,15,17,29H,1,3,8-10,13-14H2,(H,33,35)(H,31,32,34)/t15-,17?/m0/s1. The molecule has 2 aromatic heterocycles. The summed E-state index contributed by atoms with van der Waals surface area (Å²) < 4.78 is 35.4. The molecule has 1 unspecified atom stereocenters. The summed E-state index contributed by atoms with van der Waals surface area (Å²) in [5.74, 6) is -2.52. The number of pyridine rings is 1.